The van der Waals surface area contributed by atoms with Crippen LogP contribution < -0.4 is 21.3 Å². The minimum atomic E-state index is -3.81. The number of hydrogen-bond donors (Lipinski definition) is 6. The van der Waals surface area contributed by atoms with Crippen LogP contribution in [0.5, 0.6) is 0 Å². The number of carbonyl (C=O) groups excluding carboxylic acids is 5. The molecule has 430 valence electrons. The van der Waals surface area contributed by atoms with Crippen molar-refractivity contribution in [1.29, 1.82) is 0 Å². The van der Waals surface area contributed by atoms with E-state index in [0.717, 1.165) is 22.3 Å². The molecule has 0 unspecified atom stereocenters. The molecule has 17 heteroatoms. The molecule has 3 aromatic carbocycles. The molecule has 0 fully saturated rings. The molecule has 1 aromatic heterocycles. The van der Waals surface area contributed by atoms with E-state index in [1.165, 1.54) is 25.1 Å². The molecule has 0 spiro atoms. The Morgan fingerprint density at radius 1 is 0.675 bits per heavy atom. The summed E-state index contributed by atoms with van der Waals surface area (Å²) < 4.78 is 31.9. The van der Waals surface area contributed by atoms with E-state index < -0.39 is 45.4 Å². The molecule has 4 amide bonds. The van der Waals surface area contributed by atoms with Crippen LogP contribution >= 0.6 is 0 Å². The van der Waals surface area contributed by atoms with Crippen molar-refractivity contribution < 1.29 is 47.0 Å². The molecule has 0 aliphatic carbocycles. The van der Waals surface area contributed by atoms with Crippen molar-refractivity contribution in [3.63, 3.8) is 0 Å². The van der Waals surface area contributed by atoms with Crippen LogP contribution in [0.25, 0.3) is 6.08 Å². The number of amides is 4. The third-order valence-electron chi connectivity index (χ3n) is 14.0. The lowest BCUT2D eigenvalue weighted by atomic mass is 9.91. The number of nitrogens with one attached hydrogen (secondary N) is 5. The fraction of sp³-hybridized carbons (Fsp3) is 0.444. The summed E-state index contributed by atoms with van der Waals surface area (Å²) in [5, 5.41) is 21.8. The first-order valence-electron chi connectivity index (χ1n) is 27.7. The maximum Gasteiger partial charge on any atom is 0.335 e. The van der Waals surface area contributed by atoms with E-state index >= 15 is 9.59 Å². The molecule has 2 heterocycles. The topological polar surface area (TPSA) is 242 Å². The second-order valence-corrected chi connectivity index (χ2v) is 24.6. The molecular formula is C63H82N6O10S. The first-order valence-corrected chi connectivity index (χ1v) is 29.4. The highest BCUT2D eigenvalue weighted by molar-refractivity contribution is 7.91. The zero-order valence-electron chi connectivity index (χ0n) is 49.1. The third-order valence-corrected chi connectivity index (χ3v) is 15.8. The van der Waals surface area contributed by atoms with Crippen LogP contribution in [0.2, 0.25) is 0 Å². The van der Waals surface area contributed by atoms with Crippen molar-refractivity contribution in [2.75, 3.05) is 28.3 Å². The smallest absolute Gasteiger partial charge is 0.335 e. The summed E-state index contributed by atoms with van der Waals surface area (Å²) in [6, 6.07) is 15.8. The van der Waals surface area contributed by atoms with Gasteiger partial charge in [0.25, 0.3) is 11.8 Å². The number of carboxylic acids is 1. The molecule has 1 aliphatic rings. The maximum absolute atomic E-state index is 15.2. The first-order chi connectivity index (χ1) is 37.6. The number of hydrogen-bond acceptors (Lipinski definition) is 10. The van der Waals surface area contributed by atoms with Crippen LogP contribution in [0.1, 0.15) is 218 Å². The Bertz CT molecular complexity index is 3190. The number of amidine groups is 1. The summed E-state index contributed by atoms with van der Waals surface area (Å²) >= 11 is 0. The fourth-order valence-electron chi connectivity index (χ4n) is 9.80. The van der Waals surface area contributed by atoms with Crippen molar-refractivity contribution in [3.8, 4) is 0 Å². The molecular weight excluding hydrogens is 1030 g/mol. The number of esters is 1. The number of aromatic nitrogens is 1. The summed E-state index contributed by atoms with van der Waals surface area (Å²) in [7, 11) is -3.81. The highest BCUT2D eigenvalue weighted by Gasteiger charge is 2.35. The van der Waals surface area contributed by atoms with E-state index in [1.54, 1.807) is 13.0 Å². The average Bonchev–Trinajstić information content (AvgIpc) is 3.92. The third kappa shape index (κ3) is 15.7. The number of rotatable bonds is 25. The summed E-state index contributed by atoms with van der Waals surface area (Å²) in [6.07, 6.45) is 2.74. The number of aryl methyl sites for hydroxylation is 1. The van der Waals surface area contributed by atoms with Crippen molar-refractivity contribution in [3.05, 3.63) is 134 Å². The van der Waals surface area contributed by atoms with Crippen molar-refractivity contribution in [1.82, 2.24) is 10.3 Å². The van der Waals surface area contributed by atoms with E-state index in [0.29, 0.717) is 52.3 Å². The number of benzene rings is 3. The highest BCUT2D eigenvalue weighted by Crippen LogP contribution is 2.40. The standard InChI is InChI=1S/C63H82N6O10S/c1-34(2)43-22-20-23-44(35(3)4)56(43)68-60(72)54-52(38(9)10)48(64-58(54)66-50(70)26-16-18-30-79-63(76)40(13)14)33-49-53(39(11)12)55(61(73)69-57-45(36(5)6)24-21-25-46(57)37(7)8)59(65-49)67-51(71)27-17-19-31-80(77,78)42-28-29-47(62(74)75)41(15)32-42/h20-25,28-29,32-39,65H,13,16-19,26-27,30-31H2,1-12,14-15H3,(H,67,71)(H,68,72)(H,69,73)(H,74,75)(H,64,66,70). The Balaban J connectivity index is 1.63. The highest BCUT2D eigenvalue weighted by atomic mass is 32.2. The lowest BCUT2D eigenvalue weighted by molar-refractivity contribution is -0.139. The van der Waals surface area contributed by atoms with Gasteiger partial charge in [0.1, 0.15) is 11.7 Å². The number of carboxylic acid groups (broad SMARTS) is 1. The minimum absolute atomic E-state index is 0.00483. The number of anilines is 3. The number of unbranched alkanes of at least 4 members (excludes halogenated alkanes) is 2. The number of H-pyrrole nitrogens is 1. The van der Waals surface area contributed by atoms with E-state index in [1.807, 2.05) is 91.8 Å². The van der Waals surface area contributed by atoms with Crippen LogP contribution in [0.4, 0.5) is 17.2 Å². The van der Waals surface area contributed by atoms with Crippen molar-refractivity contribution in [2.45, 2.75) is 170 Å². The van der Waals surface area contributed by atoms with Gasteiger partial charge in [-0.1, -0.05) is 126 Å². The van der Waals surface area contributed by atoms with Gasteiger partial charge in [0.15, 0.2) is 9.84 Å². The Labute approximate surface area is 472 Å². The monoisotopic (exact) mass is 1110 g/mol. The zero-order chi connectivity index (χ0) is 59.5. The van der Waals surface area contributed by atoms with E-state index in [-0.39, 0.29) is 112 Å². The molecule has 0 saturated heterocycles. The first kappa shape index (κ1) is 63.4. The Kier molecular flexibility index (Phi) is 21.9. The van der Waals surface area contributed by atoms with Gasteiger partial charge in [-0.3, -0.25) is 19.2 Å². The normalized spacial score (nSPS) is 13.2. The number of para-hydroxylation sites is 2. The lowest BCUT2D eigenvalue weighted by Gasteiger charge is -2.21. The van der Waals surface area contributed by atoms with Crippen LogP contribution in [-0.2, 0) is 33.8 Å². The SMILES string of the molecule is C=C(C)C(=O)OCCCCC(=O)NC1=NC(=Cc2[nH]c(NC(=O)CCCCS(=O)(=O)c3ccc(C(=O)O)c(C)c3)c(C(=O)Nc3c(C(C)C)cccc3C(C)C)c2C(C)C)C(C(C)C)=C1C(=O)Nc1c(C(C)C)cccc1C(C)C. The predicted molar refractivity (Wildman–Crippen MR) is 318 cm³/mol. The minimum Gasteiger partial charge on any atom is -0.478 e. The number of ether oxygens (including phenoxy) is 1. The molecule has 0 atom stereocenters. The summed E-state index contributed by atoms with van der Waals surface area (Å²) in [4.78, 5) is 90.0. The number of sulfone groups is 1. The predicted octanol–water partition coefficient (Wildman–Crippen LogP) is 13.2. The van der Waals surface area contributed by atoms with Crippen LogP contribution in [0.3, 0.4) is 0 Å². The number of aromatic carboxylic acids is 1. The molecule has 0 bridgehead atoms. The lowest BCUT2D eigenvalue weighted by Crippen LogP contribution is -2.35. The van der Waals surface area contributed by atoms with E-state index in [9.17, 15) is 32.7 Å². The number of aromatic amines is 1. The fourth-order valence-corrected chi connectivity index (χ4v) is 11.3. The Morgan fingerprint density at radius 2 is 1.19 bits per heavy atom. The van der Waals surface area contributed by atoms with Gasteiger partial charge in [0, 0.05) is 35.5 Å². The molecule has 16 nitrogen and oxygen atoms in total. The largest absolute Gasteiger partial charge is 0.478 e. The van der Waals surface area contributed by atoms with Gasteiger partial charge in [-0.2, -0.15) is 0 Å². The number of allylic oxidation sites excluding steroid dienone is 1. The molecule has 80 heavy (non-hydrogen) atoms. The molecule has 0 radical (unpaired) electrons. The Hall–Kier alpha value is -7.40. The van der Waals surface area contributed by atoms with Crippen LogP contribution in [-0.4, -0.2) is 72.3 Å². The van der Waals surface area contributed by atoms with Gasteiger partial charge in [0.05, 0.1) is 39.7 Å². The summed E-state index contributed by atoms with van der Waals surface area (Å²) in [5.41, 5.74) is 7.81. The number of carbonyl (C=O) groups is 6. The number of nitrogens with zero attached hydrogens (tertiary/aromatic N) is 1. The van der Waals surface area contributed by atoms with Gasteiger partial charge in [-0.05, 0) is 138 Å². The zero-order valence-corrected chi connectivity index (χ0v) is 49.9. The second kappa shape index (κ2) is 27.7. The number of aliphatic imine (C=N–C) groups is 1. The quantitative estimate of drug-likeness (QED) is 0.0208. The van der Waals surface area contributed by atoms with Crippen molar-refractivity contribution >= 4 is 74.5 Å². The van der Waals surface area contributed by atoms with Gasteiger partial charge in [0.2, 0.25) is 11.8 Å². The van der Waals surface area contributed by atoms with E-state index in [4.69, 9.17) is 9.73 Å². The molecule has 1 aliphatic heterocycles. The maximum atomic E-state index is 15.2. The van der Waals surface area contributed by atoms with E-state index in [2.05, 4.69) is 60.5 Å². The van der Waals surface area contributed by atoms with Crippen molar-refractivity contribution in [2.24, 2.45) is 10.9 Å². The molecule has 5 rings (SSSR count). The van der Waals surface area contributed by atoms with Crippen LogP contribution in [0, 0.1) is 12.8 Å². The van der Waals surface area contributed by atoms with Crippen LogP contribution in [0.15, 0.2) is 93.5 Å². The summed E-state index contributed by atoms with van der Waals surface area (Å²) in [6.45, 7) is 30.9. The Morgan fingerprint density at radius 3 is 1.66 bits per heavy atom. The van der Waals surface area contributed by atoms with Gasteiger partial charge in [-0.25, -0.2) is 23.0 Å². The van der Waals surface area contributed by atoms with Gasteiger partial charge in [-0.15, -0.1) is 0 Å². The van der Waals surface area contributed by atoms with Gasteiger partial charge < -0.3 is 36.1 Å². The average molecular weight is 1120 g/mol. The second-order valence-electron chi connectivity index (χ2n) is 22.5. The molecule has 4 aromatic rings. The molecule has 0 saturated carbocycles. The molecule has 6 N–H and O–H groups in total. The van der Waals surface area contributed by atoms with Gasteiger partial charge >= 0.3 is 11.9 Å². The summed E-state index contributed by atoms with van der Waals surface area (Å²) in [5.74, 6) is -4.17.